The Labute approximate surface area is 172 Å². The summed E-state index contributed by atoms with van der Waals surface area (Å²) in [7, 11) is 0. The third-order valence-corrected chi connectivity index (χ3v) is 6.61. The summed E-state index contributed by atoms with van der Waals surface area (Å²) in [6.45, 7) is 3.78. The first kappa shape index (κ1) is 19.9. The molecule has 1 aromatic carbocycles. The molecule has 0 spiro atoms. The molecule has 2 fully saturated rings. The van der Waals surface area contributed by atoms with Gasteiger partial charge in [-0.2, -0.15) is 0 Å². The SMILES string of the molecule is C=CCc1cccc2cc(C(=O)N(C3CCCCC3)C3CCCCC3)c(=O)oc12. The van der Waals surface area contributed by atoms with Crippen molar-refractivity contribution < 1.29 is 9.21 Å². The van der Waals surface area contributed by atoms with E-state index in [0.29, 0.717) is 12.0 Å². The fourth-order valence-electron chi connectivity index (χ4n) is 5.16. The molecule has 1 amide bonds. The van der Waals surface area contributed by atoms with E-state index in [1.54, 1.807) is 12.1 Å². The fourth-order valence-corrected chi connectivity index (χ4v) is 5.16. The second kappa shape index (κ2) is 8.98. The molecule has 2 saturated carbocycles. The highest BCUT2D eigenvalue weighted by Gasteiger charge is 2.34. The summed E-state index contributed by atoms with van der Waals surface area (Å²) in [5, 5.41) is 0.805. The zero-order chi connectivity index (χ0) is 20.2. The van der Waals surface area contributed by atoms with Gasteiger partial charge in [0.1, 0.15) is 11.1 Å². The molecule has 1 heterocycles. The van der Waals surface area contributed by atoms with Crippen LogP contribution >= 0.6 is 0 Å². The third-order valence-electron chi connectivity index (χ3n) is 6.61. The number of hydrogen-bond donors (Lipinski definition) is 0. The summed E-state index contributed by atoms with van der Waals surface area (Å²) in [4.78, 5) is 28.6. The molecule has 29 heavy (non-hydrogen) atoms. The van der Waals surface area contributed by atoms with Crippen LogP contribution in [0.4, 0.5) is 0 Å². The molecular formula is C25H31NO3. The van der Waals surface area contributed by atoms with E-state index in [-0.39, 0.29) is 23.6 Å². The van der Waals surface area contributed by atoms with Crippen LogP contribution in [-0.4, -0.2) is 22.9 Å². The average molecular weight is 394 g/mol. The summed E-state index contributed by atoms with van der Waals surface area (Å²) in [5.74, 6) is -0.131. The Hall–Kier alpha value is -2.36. The lowest BCUT2D eigenvalue weighted by molar-refractivity contribution is 0.0444. The first-order valence-electron chi connectivity index (χ1n) is 11.2. The second-order valence-corrected chi connectivity index (χ2v) is 8.57. The molecule has 2 aromatic rings. The standard InChI is InChI=1S/C25H31NO3/c1-2-10-18-11-9-12-19-17-22(25(28)29-23(18)19)24(27)26(20-13-5-3-6-14-20)21-15-7-4-8-16-21/h2,9,11-12,17,20-21H,1,3-8,10,13-16H2. The summed E-state index contributed by atoms with van der Waals surface area (Å²) >= 11 is 0. The average Bonchev–Trinajstić information content (AvgIpc) is 2.76. The van der Waals surface area contributed by atoms with Crippen molar-refractivity contribution in [1.82, 2.24) is 4.90 Å². The van der Waals surface area contributed by atoms with Crippen LogP contribution in [0.1, 0.15) is 80.1 Å². The Morgan fingerprint density at radius 2 is 1.66 bits per heavy atom. The molecule has 154 valence electrons. The van der Waals surface area contributed by atoms with Crippen LogP contribution in [-0.2, 0) is 6.42 Å². The van der Waals surface area contributed by atoms with E-state index in [9.17, 15) is 9.59 Å². The van der Waals surface area contributed by atoms with Gasteiger partial charge in [-0.3, -0.25) is 4.79 Å². The van der Waals surface area contributed by atoms with Crippen molar-refractivity contribution in [3.63, 3.8) is 0 Å². The molecule has 0 saturated heterocycles. The van der Waals surface area contributed by atoms with Crippen molar-refractivity contribution >= 4 is 16.9 Å². The highest BCUT2D eigenvalue weighted by atomic mass is 16.4. The lowest BCUT2D eigenvalue weighted by Crippen LogP contribution is -2.49. The molecule has 4 rings (SSSR count). The molecule has 0 bridgehead atoms. The number of carbonyl (C=O) groups is 1. The van der Waals surface area contributed by atoms with Gasteiger partial charge in [0.15, 0.2) is 0 Å². The lowest BCUT2D eigenvalue weighted by atomic mass is 9.88. The van der Waals surface area contributed by atoms with Gasteiger partial charge >= 0.3 is 5.63 Å². The van der Waals surface area contributed by atoms with E-state index in [0.717, 1.165) is 36.6 Å². The quantitative estimate of drug-likeness (QED) is 0.489. The van der Waals surface area contributed by atoms with Crippen molar-refractivity contribution in [1.29, 1.82) is 0 Å². The smallest absolute Gasteiger partial charge is 0.349 e. The van der Waals surface area contributed by atoms with Crippen molar-refractivity contribution in [2.45, 2.75) is 82.7 Å². The van der Waals surface area contributed by atoms with Gasteiger partial charge in [-0.05, 0) is 43.7 Å². The Bertz CT molecular complexity index is 915. The van der Waals surface area contributed by atoms with Crippen LogP contribution in [0, 0.1) is 0 Å². The monoisotopic (exact) mass is 393 g/mol. The van der Waals surface area contributed by atoms with Crippen molar-refractivity contribution in [2.75, 3.05) is 0 Å². The molecule has 4 nitrogen and oxygen atoms in total. The zero-order valence-corrected chi connectivity index (χ0v) is 17.2. The summed E-state index contributed by atoms with van der Waals surface area (Å²) in [5.41, 5.74) is 1.15. The maximum absolute atomic E-state index is 13.7. The van der Waals surface area contributed by atoms with Gasteiger partial charge in [0.05, 0.1) is 0 Å². The number of amides is 1. The maximum atomic E-state index is 13.7. The topological polar surface area (TPSA) is 50.5 Å². The van der Waals surface area contributed by atoms with E-state index < -0.39 is 5.63 Å². The van der Waals surface area contributed by atoms with Crippen LogP contribution < -0.4 is 5.63 Å². The molecule has 0 radical (unpaired) electrons. The molecule has 0 N–H and O–H groups in total. The number of carbonyl (C=O) groups excluding carboxylic acids is 1. The van der Waals surface area contributed by atoms with Crippen molar-refractivity contribution in [2.24, 2.45) is 0 Å². The molecule has 0 aliphatic heterocycles. The summed E-state index contributed by atoms with van der Waals surface area (Å²) in [6, 6.07) is 8.03. The fraction of sp³-hybridized carbons (Fsp3) is 0.520. The minimum Gasteiger partial charge on any atom is -0.422 e. The summed E-state index contributed by atoms with van der Waals surface area (Å²) < 4.78 is 5.67. The number of allylic oxidation sites excluding steroid dienone is 1. The van der Waals surface area contributed by atoms with E-state index in [2.05, 4.69) is 11.5 Å². The molecule has 1 aromatic heterocycles. The molecule has 2 aliphatic carbocycles. The Morgan fingerprint density at radius 1 is 1.03 bits per heavy atom. The number of rotatable bonds is 5. The van der Waals surface area contributed by atoms with Crippen molar-refractivity contribution in [3.8, 4) is 0 Å². The lowest BCUT2D eigenvalue weighted by Gasteiger charge is -2.41. The van der Waals surface area contributed by atoms with E-state index >= 15 is 0 Å². The first-order chi connectivity index (χ1) is 14.2. The van der Waals surface area contributed by atoms with Crippen LogP contribution in [0.2, 0.25) is 0 Å². The molecular weight excluding hydrogens is 362 g/mol. The van der Waals surface area contributed by atoms with Crippen LogP contribution in [0.5, 0.6) is 0 Å². The van der Waals surface area contributed by atoms with Gasteiger partial charge in [-0.15, -0.1) is 6.58 Å². The maximum Gasteiger partial charge on any atom is 0.349 e. The van der Waals surface area contributed by atoms with Gasteiger partial charge in [-0.25, -0.2) is 4.79 Å². The van der Waals surface area contributed by atoms with Crippen LogP contribution in [0.3, 0.4) is 0 Å². The number of benzene rings is 1. The molecule has 0 atom stereocenters. The predicted octanol–water partition coefficient (Wildman–Crippen LogP) is 5.63. The Kier molecular flexibility index (Phi) is 6.17. The van der Waals surface area contributed by atoms with Gasteiger partial charge in [-0.1, -0.05) is 62.8 Å². The van der Waals surface area contributed by atoms with E-state index in [4.69, 9.17) is 4.42 Å². The Balaban J connectivity index is 1.73. The number of nitrogens with zero attached hydrogens (tertiary/aromatic N) is 1. The molecule has 2 aliphatic rings. The summed E-state index contributed by atoms with van der Waals surface area (Å²) in [6.07, 6.45) is 13.8. The molecule has 4 heteroatoms. The minimum atomic E-state index is -0.518. The van der Waals surface area contributed by atoms with Gasteiger partial charge < -0.3 is 9.32 Å². The highest BCUT2D eigenvalue weighted by Crippen LogP contribution is 2.31. The number of fused-ring (bicyclic) bond motifs is 1. The van der Waals surface area contributed by atoms with Crippen molar-refractivity contribution in [3.05, 3.63) is 58.5 Å². The minimum absolute atomic E-state index is 0.131. The number of hydrogen-bond acceptors (Lipinski definition) is 3. The first-order valence-corrected chi connectivity index (χ1v) is 11.2. The van der Waals surface area contributed by atoms with E-state index in [1.165, 1.54) is 38.5 Å². The van der Waals surface area contributed by atoms with Gasteiger partial charge in [0.25, 0.3) is 5.91 Å². The van der Waals surface area contributed by atoms with Crippen LogP contribution in [0.15, 0.2) is 46.1 Å². The largest absolute Gasteiger partial charge is 0.422 e. The van der Waals surface area contributed by atoms with Gasteiger partial charge in [0, 0.05) is 17.5 Å². The number of para-hydroxylation sites is 1. The third kappa shape index (κ3) is 4.17. The normalized spacial score (nSPS) is 18.6. The zero-order valence-electron chi connectivity index (χ0n) is 17.2. The van der Waals surface area contributed by atoms with Crippen LogP contribution in [0.25, 0.3) is 11.0 Å². The molecule has 0 unspecified atom stereocenters. The van der Waals surface area contributed by atoms with Gasteiger partial charge in [0.2, 0.25) is 0 Å². The highest BCUT2D eigenvalue weighted by molar-refractivity contribution is 5.97. The van der Waals surface area contributed by atoms with E-state index in [1.807, 2.05) is 18.2 Å². The Morgan fingerprint density at radius 3 is 2.24 bits per heavy atom. The predicted molar refractivity (Wildman–Crippen MR) is 116 cm³/mol. The second-order valence-electron chi connectivity index (χ2n) is 8.57.